The van der Waals surface area contributed by atoms with Crippen molar-refractivity contribution in [1.82, 2.24) is 30.2 Å². The van der Waals surface area contributed by atoms with Gasteiger partial charge in [-0.15, -0.1) is 0 Å². The molecule has 0 aliphatic carbocycles. The molecule has 30 heavy (non-hydrogen) atoms. The molecule has 1 unspecified atom stereocenters. The molecule has 5 rings (SSSR count). The van der Waals surface area contributed by atoms with E-state index in [1.807, 2.05) is 67.7 Å². The minimum Gasteiger partial charge on any atom is -0.381 e. The van der Waals surface area contributed by atoms with Crippen molar-refractivity contribution in [3.05, 3.63) is 89.1 Å². The Kier molecular flexibility index (Phi) is 4.72. The lowest BCUT2D eigenvalue weighted by molar-refractivity contribution is 0.607. The van der Waals surface area contributed by atoms with Crippen LogP contribution in [0.2, 0.25) is 5.02 Å². The minimum absolute atomic E-state index is 0.0252. The van der Waals surface area contributed by atoms with Crippen LogP contribution in [-0.2, 0) is 0 Å². The predicted molar refractivity (Wildman–Crippen MR) is 119 cm³/mol. The first-order valence-corrected chi connectivity index (χ1v) is 10.0. The molecule has 4 aromatic rings. The number of aromatic nitrogens is 4. The Hall–Kier alpha value is -3.58. The number of fused-ring (bicyclic) bond motifs is 1. The van der Waals surface area contributed by atoms with E-state index in [0.29, 0.717) is 11.6 Å². The van der Waals surface area contributed by atoms with Gasteiger partial charge in [0.05, 0.1) is 23.6 Å². The maximum absolute atomic E-state index is 6.10. The summed E-state index contributed by atoms with van der Waals surface area (Å²) < 4.78 is 1.77. The highest BCUT2D eigenvalue weighted by molar-refractivity contribution is 6.30. The maximum atomic E-state index is 6.10. The monoisotopic (exact) mass is 417 g/mol. The normalized spacial score (nSPS) is 15.9. The third-order valence-electron chi connectivity index (χ3n) is 4.93. The maximum Gasteiger partial charge on any atom is 0.155 e. The summed E-state index contributed by atoms with van der Waals surface area (Å²) in [6.07, 6.45) is 3.49. The van der Waals surface area contributed by atoms with E-state index in [0.717, 1.165) is 39.7 Å². The summed E-state index contributed by atoms with van der Waals surface area (Å²) in [4.78, 5) is 8.94. The van der Waals surface area contributed by atoms with Gasteiger partial charge in [-0.2, -0.15) is 5.10 Å². The number of benzene rings is 1. The summed E-state index contributed by atoms with van der Waals surface area (Å²) in [7, 11) is 0. The fourth-order valence-corrected chi connectivity index (χ4v) is 3.72. The van der Waals surface area contributed by atoms with Crippen LogP contribution in [0.15, 0.2) is 67.1 Å². The largest absolute Gasteiger partial charge is 0.381 e. The molecule has 1 atom stereocenters. The lowest BCUT2D eigenvalue weighted by Gasteiger charge is -2.16. The summed E-state index contributed by atoms with van der Waals surface area (Å²) >= 11 is 6.10. The van der Waals surface area contributed by atoms with Crippen LogP contribution in [0.25, 0.3) is 17.0 Å². The Labute approximate surface area is 178 Å². The average molecular weight is 418 g/mol. The number of pyridine rings is 2. The quantitative estimate of drug-likeness (QED) is 0.461. The van der Waals surface area contributed by atoms with Gasteiger partial charge >= 0.3 is 0 Å². The molecule has 150 valence electrons. The Morgan fingerprint density at radius 3 is 2.80 bits per heavy atom. The third kappa shape index (κ3) is 3.67. The molecular weight excluding hydrogens is 398 g/mol. The van der Waals surface area contributed by atoms with Crippen molar-refractivity contribution in [3.8, 4) is 0 Å². The molecule has 8 heteroatoms. The molecule has 1 aromatic carbocycles. The number of anilines is 1. The smallest absolute Gasteiger partial charge is 0.155 e. The molecular formula is C22H20ClN7. The predicted octanol–water partition coefficient (Wildman–Crippen LogP) is 3.54. The molecule has 4 heterocycles. The second kappa shape index (κ2) is 7.68. The molecule has 0 bridgehead atoms. The van der Waals surface area contributed by atoms with Crippen LogP contribution >= 0.6 is 11.6 Å². The first kappa shape index (κ1) is 18.4. The van der Waals surface area contributed by atoms with Crippen molar-refractivity contribution in [3.63, 3.8) is 0 Å². The van der Waals surface area contributed by atoms with Gasteiger partial charge < -0.3 is 16.0 Å². The standard InChI is InChI=1S/C22H20ClN7/c1-14-4-2-7-18(27-14)22-21(15-8-9-20-25-13-26-30(20)12-15)28-19(29-22)11-24-17-6-3-5-16(23)10-17/h2-10,12-13,19,24,28-29H,11H2,1H3. The SMILES string of the molecule is Cc1cccc(C2=C(c3ccc4ncnn4c3)NC(CNc3cccc(Cl)c3)N2)n1. The van der Waals surface area contributed by atoms with Crippen LogP contribution in [0.4, 0.5) is 5.69 Å². The summed E-state index contributed by atoms with van der Waals surface area (Å²) in [6, 6.07) is 17.7. The average Bonchev–Trinajstić information content (AvgIpc) is 3.39. The van der Waals surface area contributed by atoms with Gasteiger partial charge in [-0.25, -0.2) is 9.50 Å². The Bertz CT molecular complexity index is 1250. The van der Waals surface area contributed by atoms with Crippen LogP contribution in [0.5, 0.6) is 0 Å². The van der Waals surface area contributed by atoms with Crippen molar-refractivity contribution < 1.29 is 0 Å². The number of aryl methyl sites for hydroxylation is 1. The summed E-state index contributed by atoms with van der Waals surface area (Å²) in [6.45, 7) is 2.65. The highest BCUT2D eigenvalue weighted by atomic mass is 35.5. The fourth-order valence-electron chi connectivity index (χ4n) is 3.53. The van der Waals surface area contributed by atoms with Crippen LogP contribution in [0, 0.1) is 6.92 Å². The number of hydrogen-bond acceptors (Lipinski definition) is 6. The van der Waals surface area contributed by atoms with Gasteiger partial charge in [0.2, 0.25) is 0 Å². The Balaban J connectivity index is 1.45. The van der Waals surface area contributed by atoms with E-state index in [9.17, 15) is 0 Å². The van der Waals surface area contributed by atoms with Crippen LogP contribution in [-0.4, -0.2) is 32.3 Å². The van der Waals surface area contributed by atoms with E-state index in [-0.39, 0.29) is 6.17 Å². The first-order valence-electron chi connectivity index (χ1n) is 9.66. The molecule has 3 N–H and O–H groups in total. The molecule has 0 amide bonds. The van der Waals surface area contributed by atoms with E-state index >= 15 is 0 Å². The van der Waals surface area contributed by atoms with Crippen molar-refractivity contribution in [1.29, 1.82) is 0 Å². The molecule has 0 fully saturated rings. The zero-order valence-corrected chi connectivity index (χ0v) is 17.1. The molecule has 3 aromatic heterocycles. The third-order valence-corrected chi connectivity index (χ3v) is 5.16. The van der Waals surface area contributed by atoms with Crippen LogP contribution in [0.3, 0.4) is 0 Å². The van der Waals surface area contributed by atoms with Gasteiger partial charge in [-0.05, 0) is 49.4 Å². The lowest BCUT2D eigenvalue weighted by Crippen LogP contribution is -2.39. The lowest BCUT2D eigenvalue weighted by atomic mass is 10.1. The zero-order valence-electron chi connectivity index (χ0n) is 16.3. The molecule has 7 nitrogen and oxygen atoms in total. The second-order valence-corrected chi connectivity index (χ2v) is 7.56. The Morgan fingerprint density at radius 2 is 1.93 bits per heavy atom. The van der Waals surface area contributed by atoms with E-state index in [4.69, 9.17) is 16.6 Å². The van der Waals surface area contributed by atoms with Crippen molar-refractivity contribution >= 4 is 34.3 Å². The van der Waals surface area contributed by atoms with Gasteiger partial charge in [-0.1, -0.05) is 23.7 Å². The topological polar surface area (TPSA) is 79.2 Å². The van der Waals surface area contributed by atoms with Crippen molar-refractivity contribution in [2.45, 2.75) is 13.1 Å². The molecule has 1 aliphatic rings. The van der Waals surface area contributed by atoms with Gasteiger partial charge in [-0.3, -0.25) is 4.98 Å². The number of hydrogen-bond donors (Lipinski definition) is 3. The number of nitrogens with one attached hydrogen (secondary N) is 3. The highest BCUT2D eigenvalue weighted by Crippen LogP contribution is 2.27. The van der Waals surface area contributed by atoms with Gasteiger partial charge in [0.25, 0.3) is 0 Å². The van der Waals surface area contributed by atoms with Crippen LogP contribution < -0.4 is 16.0 Å². The van der Waals surface area contributed by atoms with E-state index in [1.54, 1.807) is 10.8 Å². The summed E-state index contributed by atoms with van der Waals surface area (Å²) in [5, 5.41) is 15.6. The van der Waals surface area contributed by atoms with E-state index in [2.05, 4.69) is 26.0 Å². The van der Waals surface area contributed by atoms with Gasteiger partial charge in [0.1, 0.15) is 12.5 Å². The van der Waals surface area contributed by atoms with E-state index in [1.165, 1.54) is 0 Å². The summed E-state index contributed by atoms with van der Waals surface area (Å²) in [5.41, 5.74) is 6.57. The fraction of sp³-hybridized carbons (Fsp3) is 0.136. The van der Waals surface area contributed by atoms with Gasteiger partial charge in [0, 0.05) is 28.2 Å². The van der Waals surface area contributed by atoms with Gasteiger partial charge in [0.15, 0.2) is 5.65 Å². The molecule has 0 radical (unpaired) electrons. The Morgan fingerprint density at radius 1 is 1.07 bits per heavy atom. The van der Waals surface area contributed by atoms with Crippen molar-refractivity contribution in [2.75, 3.05) is 11.9 Å². The molecule has 0 saturated carbocycles. The molecule has 1 aliphatic heterocycles. The number of nitrogens with zero attached hydrogens (tertiary/aromatic N) is 4. The molecule has 0 saturated heterocycles. The highest BCUT2D eigenvalue weighted by Gasteiger charge is 2.25. The van der Waals surface area contributed by atoms with Crippen molar-refractivity contribution in [2.24, 2.45) is 0 Å². The first-order chi connectivity index (χ1) is 14.7. The summed E-state index contributed by atoms with van der Waals surface area (Å²) in [5.74, 6) is 0. The number of rotatable bonds is 5. The number of halogens is 1. The minimum atomic E-state index is -0.0252. The second-order valence-electron chi connectivity index (χ2n) is 7.13. The van der Waals surface area contributed by atoms with Crippen LogP contribution in [0.1, 0.15) is 17.0 Å². The molecule has 0 spiro atoms. The van der Waals surface area contributed by atoms with E-state index < -0.39 is 0 Å². The zero-order chi connectivity index (χ0) is 20.5.